The fraction of sp³-hybridized carbons (Fsp3) is 0.600. The summed E-state index contributed by atoms with van der Waals surface area (Å²) in [6, 6.07) is 0. The molecule has 0 amide bonds. The maximum atomic E-state index is 11.7. The molecule has 0 aromatic carbocycles. The predicted molar refractivity (Wildman–Crippen MR) is 50.9 cm³/mol. The summed E-state index contributed by atoms with van der Waals surface area (Å²) in [5.74, 6) is -4.30. The summed E-state index contributed by atoms with van der Waals surface area (Å²) in [6.07, 6.45) is -0.362. The van der Waals surface area contributed by atoms with E-state index >= 15 is 0 Å². The molecular weight excluding hydrogens is 248 g/mol. The lowest BCUT2D eigenvalue weighted by molar-refractivity contribution is -0.250. The van der Waals surface area contributed by atoms with Crippen LogP contribution in [0.5, 0.6) is 0 Å². The Kier molecular flexibility index (Phi) is 2.53. The van der Waals surface area contributed by atoms with Crippen LogP contribution in [0.1, 0.15) is 12.8 Å². The Labute approximate surface area is 101 Å². The highest BCUT2D eigenvalue weighted by Crippen LogP contribution is 2.42. The van der Waals surface area contributed by atoms with E-state index in [1.807, 2.05) is 0 Å². The minimum Gasteiger partial charge on any atom is -0.466 e. The van der Waals surface area contributed by atoms with Crippen LogP contribution in [-0.2, 0) is 38.1 Å². The van der Waals surface area contributed by atoms with Crippen LogP contribution in [-0.4, -0.2) is 49.3 Å². The zero-order chi connectivity index (χ0) is 13.6. The van der Waals surface area contributed by atoms with Crippen LogP contribution in [0.4, 0.5) is 0 Å². The van der Waals surface area contributed by atoms with E-state index in [9.17, 15) is 19.2 Å². The van der Waals surface area contributed by atoms with Gasteiger partial charge in [-0.2, -0.15) is 0 Å². The summed E-state index contributed by atoms with van der Waals surface area (Å²) in [5.41, 5.74) is -4.19. The normalized spacial score (nSPS) is 33.4. The molecular formula is C10H10O8. The number of hydrogen-bond donors (Lipinski definition) is 0. The van der Waals surface area contributed by atoms with Gasteiger partial charge in [0.05, 0.1) is 14.2 Å². The molecule has 18 heavy (non-hydrogen) atoms. The Morgan fingerprint density at radius 1 is 0.944 bits per heavy atom. The smallest absolute Gasteiger partial charge is 0.364 e. The molecule has 0 aromatic heterocycles. The van der Waals surface area contributed by atoms with Crippen molar-refractivity contribution >= 4 is 23.9 Å². The standard InChI is InChI=1S/C10H10O8/c1-15-5(11)9-3-4-10(6(12)16-2,8(14)17-9)18-7(9)13/h3-4H2,1-2H3/t9-,10+. The molecule has 0 unspecified atom stereocenters. The lowest BCUT2D eigenvalue weighted by Crippen LogP contribution is -2.71. The molecule has 8 nitrogen and oxygen atoms in total. The van der Waals surface area contributed by atoms with Gasteiger partial charge in [-0.15, -0.1) is 0 Å². The van der Waals surface area contributed by atoms with Crippen LogP contribution in [0.25, 0.3) is 0 Å². The quantitative estimate of drug-likeness (QED) is 0.342. The highest BCUT2D eigenvalue weighted by molar-refractivity contribution is 6.16. The third kappa shape index (κ3) is 1.25. The number of hydrogen-bond acceptors (Lipinski definition) is 8. The SMILES string of the molecule is COC(=O)[C@@]12CC[C@](C(=O)OC)(OC1=O)C(=O)O2. The van der Waals surface area contributed by atoms with Crippen molar-refractivity contribution < 1.29 is 38.1 Å². The van der Waals surface area contributed by atoms with E-state index in [1.54, 1.807) is 0 Å². The van der Waals surface area contributed by atoms with Crippen LogP contribution in [0.2, 0.25) is 0 Å². The molecule has 0 radical (unpaired) electrons. The predicted octanol–water partition coefficient (Wildman–Crippen LogP) is -1.30. The van der Waals surface area contributed by atoms with Gasteiger partial charge in [-0.3, -0.25) is 0 Å². The van der Waals surface area contributed by atoms with Gasteiger partial charge >= 0.3 is 35.1 Å². The van der Waals surface area contributed by atoms with Crippen molar-refractivity contribution in [2.75, 3.05) is 14.2 Å². The summed E-state index contributed by atoms with van der Waals surface area (Å²) in [5, 5.41) is 0. The van der Waals surface area contributed by atoms with Crippen molar-refractivity contribution in [3.63, 3.8) is 0 Å². The first-order valence-corrected chi connectivity index (χ1v) is 5.06. The second kappa shape index (κ2) is 3.69. The van der Waals surface area contributed by atoms with Crippen LogP contribution >= 0.6 is 0 Å². The van der Waals surface area contributed by atoms with Gasteiger partial charge in [0.25, 0.3) is 0 Å². The number of carbonyl (C=O) groups is 4. The summed E-state index contributed by atoms with van der Waals surface area (Å²) >= 11 is 0. The summed E-state index contributed by atoms with van der Waals surface area (Å²) in [4.78, 5) is 46.5. The molecule has 3 heterocycles. The fourth-order valence-corrected chi connectivity index (χ4v) is 2.01. The van der Waals surface area contributed by atoms with Crippen LogP contribution in [0.15, 0.2) is 0 Å². The van der Waals surface area contributed by atoms with Crippen molar-refractivity contribution in [2.45, 2.75) is 24.0 Å². The Bertz CT molecular complexity index is 413. The lowest BCUT2D eigenvalue weighted by atomic mass is 9.81. The van der Waals surface area contributed by atoms with Crippen LogP contribution in [0.3, 0.4) is 0 Å². The summed E-state index contributed by atoms with van der Waals surface area (Å²) in [7, 11) is 2.10. The first-order chi connectivity index (χ1) is 8.43. The number of methoxy groups -OCH3 is 2. The van der Waals surface area contributed by atoms with Crippen molar-refractivity contribution in [1.29, 1.82) is 0 Å². The molecule has 3 saturated heterocycles. The highest BCUT2D eigenvalue weighted by Gasteiger charge is 2.71. The van der Waals surface area contributed by atoms with Gasteiger partial charge in [0.15, 0.2) is 0 Å². The number of rotatable bonds is 2. The van der Waals surface area contributed by atoms with Gasteiger partial charge in [-0.25, -0.2) is 19.2 Å². The van der Waals surface area contributed by atoms with Crippen molar-refractivity contribution in [3.8, 4) is 0 Å². The van der Waals surface area contributed by atoms with Gasteiger partial charge < -0.3 is 18.9 Å². The van der Waals surface area contributed by atoms with E-state index < -0.39 is 35.1 Å². The molecule has 8 heteroatoms. The summed E-state index contributed by atoms with van der Waals surface area (Å²) < 4.78 is 18.4. The number of fused-ring (bicyclic) bond motifs is 3. The average Bonchev–Trinajstić information content (AvgIpc) is 2.38. The molecule has 2 bridgehead atoms. The van der Waals surface area contributed by atoms with E-state index in [0.717, 1.165) is 14.2 Å². The van der Waals surface area contributed by atoms with Crippen molar-refractivity contribution in [1.82, 2.24) is 0 Å². The lowest BCUT2D eigenvalue weighted by Gasteiger charge is -2.45. The van der Waals surface area contributed by atoms with Gasteiger partial charge in [-0.05, 0) is 0 Å². The van der Waals surface area contributed by atoms with Crippen LogP contribution < -0.4 is 0 Å². The molecule has 2 atom stereocenters. The maximum absolute atomic E-state index is 11.7. The Morgan fingerprint density at radius 3 is 1.50 bits per heavy atom. The maximum Gasteiger partial charge on any atom is 0.364 e. The topological polar surface area (TPSA) is 105 Å². The largest absolute Gasteiger partial charge is 0.466 e. The molecule has 3 aliphatic rings. The van der Waals surface area contributed by atoms with Gasteiger partial charge in [0.1, 0.15) is 0 Å². The monoisotopic (exact) mass is 258 g/mol. The Morgan fingerprint density at radius 2 is 1.28 bits per heavy atom. The first-order valence-electron chi connectivity index (χ1n) is 5.06. The van der Waals surface area contributed by atoms with E-state index in [2.05, 4.69) is 9.47 Å². The van der Waals surface area contributed by atoms with Crippen molar-refractivity contribution in [3.05, 3.63) is 0 Å². The minimum absolute atomic E-state index is 0.181. The average molecular weight is 258 g/mol. The van der Waals surface area contributed by atoms with E-state index in [0.29, 0.717) is 0 Å². The van der Waals surface area contributed by atoms with Gasteiger partial charge in [-0.1, -0.05) is 0 Å². The zero-order valence-corrected chi connectivity index (χ0v) is 9.68. The molecule has 0 N–H and O–H groups in total. The molecule has 3 fully saturated rings. The third-order valence-corrected chi connectivity index (χ3v) is 3.05. The summed E-state index contributed by atoms with van der Waals surface area (Å²) in [6.45, 7) is 0. The van der Waals surface area contributed by atoms with Crippen LogP contribution in [0, 0.1) is 0 Å². The highest BCUT2D eigenvalue weighted by atomic mass is 16.7. The third-order valence-electron chi connectivity index (χ3n) is 3.05. The molecule has 0 aliphatic carbocycles. The van der Waals surface area contributed by atoms with Crippen molar-refractivity contribution in [2.24, 2.45) is 0 Å². The molecule has 98 valence electrons. The molecule has 0 aromatic rings. The zero-order valence-electron chi connectivity index (χ0n) is 9.68. The number of esters is 4. The first kappa shape index (κ1) is 12.3. The number of carbonyl (C=O) groups excluding carboxylic acids is 4. The second-order valence-electron chi connectivity index (χ2n) is 3.92. The van der Waals surface area contributed by atoms with Gasteiger partial charge in [0.2, 0.25) is 0 Å². The Balaban J connectivity index is 2.40. The minimum atomic E-state index is -2.10. The molecule has 3 aliphatic heterocycles. The van der Waals surface area contributed by atoms with E-state index in [1.165, 1.54) is 0 Å². The molecule has 0 saturated carbocycles. The van der Waals surface area contributed by atoms with E-state index in [-0.39, 0.29) is 12.8 Å². The number of ether oxygens (including phenoxy) is 4. The molecule has 3 rings (SSSR count). The molecule has 0 spiro atoms. The van der Waals surface area contributed by atoms with Gasteiger partial charge in [0, 0.05) is 12.8 Å². The fourth-order valence-electron chi connectivity index (χ4n) is 2.01. The Hall–Kier alpha value is -2.12. The van der Waals surface area contributed by atoms with E-state index in [4.69, 9.17) is 9.47 Å². The second-order valence-corrected chi connectivity index (χ2v) is 3.92.